The van der Waals surface area contributed by atoms with Gasteiger partial charge in [0.15, 0.2) is 0 Å². The van der Waals surface area contributed by atoms with E-state index >= 15 is 0 Å². The van der Waals surface area contributed by atoms with Crippen molar-refractivity contribution in [3.8, 4) is 11.5 Å². The quantitative estimate of drug-likeness (QED) is 0.702. The molecule has 3 rings (SSSR count). The van der Waals surface area contributed by atoms with Crippen LogP contribution in [0.4, 0.5) is 0 Å². The molecule has 0 aromatic heterocycles. The molecule has 0 radical (unpaired) electrons. The highest BCUT2D eigenvalue weighted by molar-refractivity contribution is 9.10. The minimum absolute atomic E-state index is 0.655. The predicted molar refractivity (Wildman–Crippen MR) is 94.4 cm³/mol. The lowest BCUT2D eigenvalue weighted by molar-refractivity contribution is 0.151. The number of likely N-dealkylation sites (tertiary alicyclic amines) is 1. The molecule has 1 heterocycles. The van der Waals surface area contributed by atoms with Gasteiger partial charge in [0.25, 0.3) is 0 Å². The van der Waals surface area contributed by atoms with E-state index in [-0.39, 0.29) is 0 Å². The normalized spacial score (nSPS) is 19.1. The summed E-state index contributed by atoms with van der Waals surface area (Å²) in [5.74, 6) is 1.83. The van der Waals surface area contributed by atoms with Crippen LogP contribution in [0.25, 0.3) is 0 Å². The largest absolute Gasteiger partial charge is 0.457 e. The van der Waals surface area contributed by atoms with Crippen LogP contribution in [-0.2, 0) is 6.54 Å². The van der Waals surface area contributed by atoms with Crippen molar-refractivity contribution in [2.45, 2.75) is 38.8 Å². The van der Waals surface area contributed by atoms with Gasteiger partial charge in [-0.15, -0.1) is 0 Å². The lowest BCUT2D eigenvalue weighted by Crippen LogP contribution is -2.36. The number of piperidine rings is 1. The first kappa shape index (κ1) is 15.6. The van der Waals surface area contributed by atoms with Crippen LogP contribution in [0, 0.1) is 0 Å². The Kier molecular flexibility index (Phi) is 5.16. The fourth-order valence-electron chi connectivity index (χ4n) is 2.98. The van der Waals surface area contributed by atoms with Gasteiger partial charge in [-0.2, -0.15) is 0 Å². The van der Waals surface area contributed by atoms with Crippen LogP contribution < -0.4 is 4.74 Å². The molecule has 0 bridgehead atoms. The van der Waals surface area contributed by atoms with Crippen LogP contribution in [0.1, 0.15) is 31.7 Å². The van der Waals surface area contributed by atoms with Crippen molar-refractivity contribution in [1.82, 2.24) is 4.90 Å². The summed E-state index contributed by atoms with van der Waals surface area (Å²) in [5, 5.41) is 0. The van der Waals surface area contributed by atoms with Gasteiger partial charge >= 0.3 is 0 Å². The average Bonchev–Trinajstić information content (AvgIpc) is 2.53. The maximum atomic E-state index is 6.11. The zero-order chi connectivity index (χ0) is 15.4. The van der Waals surface area contributed by atoms with Crippen LogP contribution in [0.2, 0.25) is 0 Å². The van der Waals surface area contributed by atoms with Gasteiger partial charge in [-0.1, -0.05) is 46.6 Å². The molecule has 2 aromatic carbocycles. The van der Waals surface area contributed by atoms with Crippen LogP contribution >= 0.6 is 15.9 Å². The Balaban J connectivity index is 1.81. The first-order valence-electron chi connectivity index (χ1n) is 7.98. The van der Waals surface area contributed by atoms with Crippen molar-refractivity contribution >= 4 is 15.9 Å². The molecule has 1 saturated heterocycles. The second-order valence-electron chi connectivity index (χ2n) is 5.98. The third-order valence-corrected chi connectivity index (χ3v) is 4.81. The van der Waals surface area contributed by atoms with Gasteiger partial charge in [-0.3, -0.25) is 4.90 Å². The molecule has 1 unspecified atom stereocenters. The number of halogens is 1. The second kappa shape index (κ2) is 7.30. The number of rotatable bonds is 4. The number of ether oxygens (including phenoxy) is 1. The zero-order valence-corrected chi connectivity index (χ0v) is 14.6. The van der Waals surface area contributed by atoms with Crippen molar-refractivity contribution in [1.29, 1.82) is 0 Å². The fraction of sp³-hybridized carbons (Fsp3) is 0.368. The van der Waals surface area contributed by atoms with Gasteiger partial charge in [-0.05, 0) is 50.6 Å². The van der Waals surface area contributed by atoms with Crippen molar-refractivity contribution in [3.63, 3.8) is 0 Å². The Bertz CT molecular complexity index is 614. The maximum Gasteiger partial charge on any atom is 0.133 e. The molecule has 116 valence electrons. The van der Waals surface area contributed by atoms with E-state index in [1.54, 1.807) is 0 Å². The summed E-state index contributed by atoms with van der Waals surface area (Å²) < 4.78 is 7.16. The number of nitrogens with zero attached hydrogens (tertiary/aromatic N) is 1. The van der Waals surface area contributed by atoms with E-state index in [2.05, 4.69) is 46.0 Å². The molecule has 0 saturated carbocycles. The van der Waals surface area contributed by atoms with E-state index < -0.39 is 0 Å². The molecule has 0 amide bonds. The van der Waals surface area contributed by atoms with E-state index in [1.165, 1.54) is 31.4 Å². The van der Waals surface area contributed by atoms with Crippen LogP contribution in [0.3, 0.4) is 0 Å². The van der Waals surface area contributed by atoms with Crippen molar-refractivity contribution in [2.75, 3.05) is 6.54 Å². The molecule has 2 nitrogen and oxygen atoms in total. The van der Waals surface area contributed by atoms with Gasteiger partial charge in [0.05, 0.1) is 0 Å². The highest BCUT2D eigenvalue weighted by atomic mass is 79.9. The number of hydrogen-bond acceptors (Lipinski definition) is 2. The highest BCUT2D eigenvalue weighted by Crippen LogP contribution is 2.31. The van der Waals surface area contributed by atoms with Crippen molar-refractivity contribution < 1.29 is 4.74 Å². The topological polar surface area (TPSA) is 12.5 Å². The van der Waals surface area contributed by atoms with Gasteiger partial charge < -0.3 is 4.74 Å². The Hall–Kier alpha value is -1.32. The summed E-state index contributed by atoms with van der Waals surface area (Å²) in [5.41, 5.74) is 1.25. The Labute approximate surface area is 141 Å². The first-order valence-corrected chi connectivity index (χ1v) is 8.77. The summed E-state index contributed by atoms with van der Waals surface area (Å²) in [6.07, 6.45) is 3.95. The molecule has 1 atom stereocenters. The zero-order valence-electron chi connectivity index (χ0n) is 13.0. The van der Waals surface area contributed by atoms with Crippen molar-refractivity contribution in [2.24, 2.45) is 0 Å². The van der Waals surface area contributed by atoms with Gasteiger partial charge in [0, 0.05) is 22.6 Å². The number of hydrogen-bond donors (Lipinski definition) is 0. The minimum Gasteiger partial charge on any atom is -0.457 e. The average molecular weight is 360 g/mol. The fourth-order valence-corrected chi connectivity index (χ4v) is 3.32. The molecule has 1 fully saturated rings. The first-order chi connectivity index (χ1) is 10.7. The third kappa shape index (κ3) is 3.90. The monoisotopic (exact) mass is 359 g/mol. The SMILES string of the molecule is CC1CCCCN1Cc1ccc(Br)cc1Oc1ccccc1. The lowest BCUT2D eigenvalue weighted by Gasteiger charge is -2.33. The summed E-state index contributed by atoms with van der Waals surface area (Å²) in [4.78, 5) is 2.56. The van der Waals surface area contributed by atoms with Crippen molar-refractivity contribution in [3.05, 3.63) is 58.6 Å². The Morgan fingerprint density at radius 2 is 1.95 bits per heavy atom. The summed E-state index contributed by atoms with van der Waals surface area (Å²) in [6, 6.07) is 17.0. The standard InChI is InChI=1S/C19H22BrNO/c1-15-7-5-6-12-21(15)14-16-10-11-17(20)13-19(16)22-18-8-3-2-4-9-18/h2-4,8-11,13,15H,5-7,12,14H2,1H3. The van der Waals surface area contributed by atoms with E-state index in [9.17, 15) is 0 Å². The van der Waals surface area contributed by atoms with E-state index in [1.807, 2.05) is 30.3 Å². The number of benzene rings is 2. The third-order valence-electron chi connectivity index (χ3n) is 4.31. The second-order valence-corrected chi connectivity index (χ2v) is 6.90. The molecule has 2 aromatic rings. The van der Waals surface area contributed by atoms with Gasteiger partial charge in [0.1, 0.15) is 11.5 Å². The maximum absolute atomic E-state index is 6.11. The molecular weight excluding hydrogens is 338 g/mol. The van der Waals surface area contributed by atoms with Gasteiger partial charge in [0.2, 0.25) is 0 Å². The lowest BCUT2D eigenvalue weighted by atomic mass is 10.0. The summed E-state index contributed by atoms with van der Waals surface area (Å²) in [6.45, 7) is 4.47. The molecule has 0 aliphatic carbocycles. The molecule has 22 heavy (non-hydrogen) atoms. The summed E-state index contributed by atoms with van der Waals surface area (Å²) >= 11 is 3.55. The van der Waals surface area contributed by atoms with Crippen LogP contribution in [0.15, 0.2) is 53.0 Å². The van der Waals surface area contributed by atoms with Gasteiger partial charge in [-0.25, -0.2) is 0 Å². The number of para-hydroxylation sites is 1. The predicted octanol–water partition coefficient (Wildman–Crippen LogP) is 5.62. The molecule has 0 spiro atoms. The highest BCUT2D eigenvalue weighted by Gasteiger charge is 2.19. The Morgan fingerprint density at radius 3 is 2.73 bits per heavy atom. The smallest absolute Gasteiger partial charge is 0.133 e. The summed E-state index contributed by atoms with van der Waals surface area (Å²) in [7, 11) is 0. The molecule has 1 aliphatic heterocycles. The molecular formula is C19H22BrNO. The van der Waals surface area contributed by atoms with E-state index in [0.29, 0.717) is 6.04 Å². The Morgan fingerprint density at radius 1 is 1.14 bits per heavy atom. The molecule has 1 aliphatic rings. The van der Waals surface area contributed by atoms with Crippen LogP contribution in [-0.4, -0.2) is 17.5 Å². The minimum atomic E-state index is 0.655. The molecule has 3 heteroatoms. The van der Waals surface area contributed by atoms with E-state index in [0.717, 1.165) is 22.5 Å². The van der Waals surface area contributed by atoms with E-state index in [4.69, 9.17) is 4.74 Å². The molecule has 0 N–H and O–H groups in total. The van der Waals surface area contributed by atoms with Crippen LogP contribution in [0.5, 0.6) is 11.5 Å².